The average Bonchev–Trinajstić information content (AvgIpc) is 3.37. The van der Waals surface area contributed by atoms with E-state index in [0.29, 0.717) is 16.9 Å². The normalized spacial score (nSPS) is 14.3. The Morgan fingerprint density at radius 3 is 2.42 bits per heavy atom. The van der Waals surface area contributed by atoms with Crippen molar-refractivity contribution in [3.8, 4) is 16.9 Å². The van der Waals surface area contributed by atoms with Crippen molar-refractivity contribution >= 4 is 23.7 Å². The van der Waals surface area contributed by atoms with Gasteiger partial charge in [0, 0.05) is 17.7 Å². The molecule has 0 aliphatic carbocycles. The number of amides is 3. The summed E-state index contributed by atoms with van der Waals surface area (Å²) in [6, 6.07) is 19.9. The van der Waals surface area contributed by atoms with Crippen LogP contribution in [0.15, 0.2) is 83.3 Å². The van der Waals surface area contributed by atoms with Crippen molar-refractivity contribution in [3.05, 3.63) is 121 Å². The average molecular weight is 510 g/mol. The van der Waals surface area contributed by atoms with E-state index in [4.69, 9.17) is 0 Å². The van der Waals surface area contributed by atoms with E-state index in [0.717, 1.165) is 21.6 Å². The molecule has 3 aromatic carbocycles. The number of nitro groups is 1. The van der Waals surface area contributed by atoms with Gasteiger partial charge in [-0.1, -0.05) is 54.6 Å². The number of H-pyrrole nitrogens is 1. The van der Waals surface area contributed by atoms with Crippen LogP contribution in [0.1, 0.15) is 22.3 Å². The van der Waals surface area contributed by atoms with Crippen LogP contribution in [-0.4, -0.2) is 31.5 Å². The molecule has 3 amide bonds. The summed E-state index contributed by atoms with van der Waals surface area (Å²) in [6.07, 6.45) is 1.37. The summed E-state index contributed by atoms with van der Waals surface area (Å²) in [6.45, 7) is 3.72. The summed E-state index contributed by atoms with van der Waals surface area (Å²) in [4.78, 5) is 51.1. The third-order valence-corrected chi connectivity index (χ3v) is 6.52. The third-order valence-electron chi connectivity index (χ3n) is 6.52. The minimum Gasteiger partial charge on any atom is -0.303 e. The first kappa shape index (κ1) is 24.4. The second kappa shape index (κ2) is 9.66. The molecule has 10 nitrogen and oxygen atoms in total. The Labute approximate surface area is 217 Å². The molecule has 1 aromatic heterocycles. The Kier molecular flexibility index (Phi) is 6.21. The number of rotatable bonds is 6. The van der Waals surface area contributed by atoms with E-state index in [1.807, 2.05) is 62.4 Å². The molecular weight excluding hydrogens is 486 g/mol. The van der Waals surface area contributed by atoms with Crippen molar-refractivity contribution < 1.29 is 14.5 Å². The number of nitrogens with zero attached hydrogens (tertiary/aromatic N) is 3. The molecule has 4 aromatic rings. The lowest BCUT2D eigenvalue weighted by molar-refractivity contribution is -0.384. The number of nitrogens with one attached hydrogen (secondary N) is 2. The predicted octanol–water partition coefficient (Wildman–Crippen LogP) is 4.45. The van der Waals surface area contributed by atoms with Crippen LogP contribution >= 0.6 is 0 Å². The number of imide groups is 1. The fourth-order valence-corrected chi connectivity index (χ4v) is 4.37. The number of carbonyl (C=O) groups is 2. The number of carbonyl (C=O) groups excluding carboxylic acids is 2. The fourth-order valence-electron chi connectivity index (χ4n) is 4.37. The highest BCUT2D eigenvalue weighted by molar-refractivity contribution is 6.14. The minimum atomic E-state index is -0.681. The second-order valence-electron chi connectivity index (χ2n) is 8.93. The summed E-state index contributed by atoms with van der Waals surface area (Å²) >= 11 is 0. The zero-order chi connectivity index (χ0) is 27.0. The Hall–Kier alpha value is -5.25. The molecule has 1 fully saturated rings. The monoisotopic (exact) mass is 509 g/mol. The second-order valence-corrected chi connectivity index (χ2v) is 8.93. The number of hydrogen-bond donors (Lipinski definition) is 2. The number of non-ortho nitro benzene ring substituents is 1. The highest BCUT2D eigenvalue weighted by Crippen LogP contribution is 2.26. The lowest BCUT2D eigenvalue weighted by Crippen LogP contribution is -2.30. The molecule has 0 atom stereocenters. The van der Waals surface area contributed by atoms with Crippen molar-refractivity contribution in [1.82, 2.24) is 20.0 Å². The van der Waals surface area contributed by atoms with Crippen LogP contribution in [0.4, 0.5) is 10.5 Å². The fraction of sp³-hybridized carbons (Fsp3) is 0.107. The zero-order valence-corrected chi connectivity index (χ0v) is 20.6. The highest BCUT2D eigenvalue weighted by Gasteiger charge is 2.34. The lowest BCUT2D eigenvalue weighted by atomic mass is 10.1. The summed E-state index contributed by atoms with van der Waals surface area (Å²) in [5.74, 6) is -0.639. The van der Waals surface area contributed by atoms with Crippen LogP contribution in [0, 0.1) is 24.0 Å². The van der Waals surface area contributed by atoms with Crippen LogP contribution in [0.3, 0.4) is 0 Å². The standard InChI is InChI=1S/C28H23N5O5/c1-17-8-6-13-24(18(17)2)32-26(34)22(25(30-32)20-10-4-3-5-11-20)15-23-27(35)31(28(36)29-23)16-19-9-7-12-21(14-19)33(37)38/h3-15,30H,16H2,1-2H3,(H,29,36). The van der Waals surface area contributed by atoms with Crippen LogP contribution in [0.2, 0.25) is 0 Å². The molecule has 190 valence electrons. The first-order chi connectivity index (χ1) is 18.2. The molecular formula is C28H23N5O5. The smallest absolute Gasteiger partial charge is 0.303 e. The third kappa shape index (κ3) is 4.39. The molecule has 1 saturated heterocycles. The Bertz CT molecular complexity index is 1680. The van der Waals surface area contributed by atoms with Gasteiger partial charge in [0.05, 0.1) is 28.4 Å². The first-order valence-electron chi connectivity index (χ1n) is 11.8. The van der Waals surface area contributed by atoms with Gasteiger partial charge >= 0.3 is 6.03 Å². The van der Waals surface area contributed by atoms with Gasteiger partial charge in [-0.2, -0.15) is 0 Å². The quantitative estimate of drug-likeness (QED) is 0.172. The van der Waals surface area contributed by atoms with Gasteiger partial charge in [-0.05, 0) is 42.7 Å². The summed E-state index contributed by atoms with van der Waals surface area (Å²) in [5.41, 5.74) is 3.86. The molecule has 2 N–H and O–H groups in total. The van der Waals surface area contributed by atoms with Gasteiger partial charge in [0.2, 0.25) is 0 Å². The van der Waals surface area contributed by atoms with Crippen molar-refractivity contribution in [3.63, 3.8) is 0 Å². The number of aryl methyl sites for hydroxylation is 1. The number of urea groups is 1. The molecule has 0 bridgehead atoms. The predicted molar refractivity (Wildman–Crippen MR) is 141 cm³/mol. The van der Waals surface area contributed by atoms with Crippen LogP contribution in [-0.2, 0) is 11.3 Å². The number of aromatic nitrogens is 2. The summed E-state index contributed by atoms with van der Waals surface area (Å²) in [5, 5.41) is 16.8. The largest absolute Gasteiger partial charge is 0.329 e. The maximum atomic E-state index is 13.7. The van der Waals surface area contributed by atoms with Gasteiger partial charge in [-0.3, -0.25) is 29.7 Å². The maximum Gasteiger partial charge on any atom is 0.329 e. The number of aromatic amines is 1. The van der Waals surface area contributed by atoms with E-state index >= 15 is 0 Å². The van der Waals surface area contributed by atoms with Crippen LogP contribution < -0.4 is 10.9 Å². The van der Waals surface area contributed by atoms with Crippen LogP contribution in [0.5, 0.6) is 0 Å². The van der Waals surface area contributed by atoms with Crippen molar-refractivity contribution in [2.45, 2.75) is 20.4 Å². The zero-order valence-electron chi connectivity index (χ0n) is 20.6. The van der Waals surface area contributed by atoms with Crippen molar-refractivity contribution in [1.29, 1.82) is 0 Å². The van der Waals surface area contributed by atoms with Crippen molar-refractivity contribution in [2.24, 2.45) is 0 Å². The highest BCUT2D eigenvalue weighted by atomic mass is 16.6. The van der Waals surface area contributed by atoms with Gasteiger partial charge in [-0.15, -0.1) is 0 Å². The van der Waals surface area contributed by atoms with Gasteiger partial charge < -0.3 is 5.32 Å². The molecule has 0 spiro atoms. The van der Waals surface area contributed by atoms with E-state index in [1.165, 1.54) is 29.0 Å². The number of nitro benzene ring substituents is 1. The molecule has 0 radical (unpaired) electrons. The molecule has 1 aliphatic rings. The molecule has 0 unspecified atom stereocenters. The molecule has 2 heterocycles. The van der Waals surface area contributed by atoms with Gasteiger partial charge in [0.25, 0.3) is 17.2 Å². The SMILES string of the molecule is Cc1cccc(-n2[nH]c(-c3ccccc3)c(C=C3NC(=O)N(Cc4cccc([N+](=O)[O-])c4)C3=O)c2=O)c1C. The number of benzene rings is 3. The van der Waals surface area contributed by atoms with Crippen LogP contribution in [0.25, 0.3) is 23.0 Å². The van der Waals surface area contributed by atoms with Gasteiger partial charge in [-0.25, -0.2) is 9.48 Å². The molecule has 0 saturated carbocycles. The van der Waals surface area contributed by atoms with E-state index < -0.39 is 16.9 Å². The summed E-state index contributed by atoms with van der Waals surface area (Å²) < 4.78 is 1.43. The Morgan fingerprint density at radius 1 is 0.947 bits per heavy atom. The lowest BCUT2D eigenvalue weighted by Gasteiger charge is -2.11. The van der Waals surface area contributed by atoms with Crippen molar-refractivity contribution in [2.75, 3.05) is 0 Å². The topological polar surface area (TPSA) is 130 Å². The Morgan fingerprint density at radius 2 is 1.68 bits per heavy atom. The summed E-state index contributed by atoms with van der Waals surface area (Å²) in [7, 11) is 0. The minimum absolute atomic E-state index is 0.0678. The van der Waals surface area contributed by atoms with E-state index in [9.17, 15) is 24.5 Å². The molecule has 10 heteroatoms. The maximum absolute atomic E-state index is 13.7. The van der Waals surface area contributed by atoms with Gasteiger partial charge in [0.15, 0.2) is 0 Å². The molecule has 38 heavy (non-hydrogen) atoms. The van der Waals surface area contributed by atoms with E-state index in [1.54, 1.807) is 6.07 Å². The number of hydrogen-bond acceptors (Lipinski definition) is 5. The van der Waals surface area contributed by atoms with E-state index in [2.05, 4.69) is 10.4 Å². The molecule has 1 aliphatic heterocycles. The molecule has 5 rings (SSSR count). The van der Waals surface area contributed by atoms with Gasteiger partial charge in [0.1, 0.15) is 5.70 Å². The first-order valence-corrected chi connectivity index (χ1v) is 11.8. The van der Waals surface area contributed by atoms with E-state index in [-0.39, 0.29) is 29.1 Å². The Balaban J connectivity index is 1.57.